The minimum atomic E-state index is -4.19. The third-order valence-corrected chi connectivity index (χ3v) is 5.41. The lowest BCUT2D eigenvalue weighted by atomic mass is 10.1. The molecule has 0 atom stereocenters. The molecule has 11 nitrogen and oxygen atoms in total. The van der Waals surface area contributed by atoms with Crippen molar-refractivity contribution in [3.8, 4) is 0 Å². The molecule has 156 valence electrons. The first-order valence-electron chi connectivity index (χ1n) is 8.25. The fraction of sp³-hybridized carbons (Fsp3) is 0.111. The molecule has 1 heterocycles. The fourth-order valence-electron chi connectivity index (χ4n) is 2.63. The predicted molar refractivity (Wildman–Crippen MR) is 105 cm³/mol. The van der Waals surface area contributed by atoms with E-state index in [1.807, 2.05) is 0 Å². The number of aromatic amines is 2. The van der Waals surface area contributed by atoms with Crippen LogP contribution in [-0.2, 0) is 19.5 Å². The number of hydrogen-bond acceptors (Lipinski definition) is 8. The number of H-pyrrole nitrogens is 2. The lowest BCUT2D eigenvalue weighted by molar-refractivity contribution is 0.0599. The molecule has 0 amide bonds. The summed E-state index contributed by atoms with van der Waals surface area (Å²) in [5, 5.41) is 0. The van der Waals surface area contributed by atoms with Crippen molar-refractivity contribution in [2.24, 2.45) is 0 Å². The summed E-state index contributed by atoms with van der Waals surface area (Å²) in [7, 11) is -1.92. The Balaban J connectivity index is 2.06. The zero-order valence-corrected chi connectivity index (χ0v) is 16.5. The number of anilines is 1. The van der Waals surface area contributed by atoms with E-state index in [1.165, 1.54) is 30.3 Å². The molecule has 0 saturated heterocycles. The van der Waals surface area contributed by atoms with Gasteiger partial charge in [0.15, 0.2) is 0 Å². The van der Waals surface area contributed by atoms with E-state index in [9.17, 15) is 27.6 Å². The van der Waals surface area contributed by atoms with Crippen LogP contribution in [0.3, 0.4) is 0 Å². The van der Waals surface area contributed by atoms with Crippen molar-refractivity contribution in [1.82, 2.24) is 9.97 Å². The van der Waals surface area contributed by atoms with Gasteiger partial charge in [0.25, 0.3) is 10.0 Å². The van der Waals surface area contributed by atoms with E-state index in [1.54, 1.807) is 0 Å². The number of sulfonamides is 1. The van der Waals surface area contributed by atoms with Crippen molar-refractivity contribution in [3.05, 3.63) is 68.2 Å². The van der Waals surface area contributed by atoms with Crippen molar-refractivity contribution in [2.45, 2.75) is 4.90 Å². The van der Waals surface area contributed by atoms with Crippen LogP contribution >= 0.6 is 0 Å². The van der Waals surface area contributed by atoms with Gasteiger partial charge in [-0.2, -0.15) is 0 Å². The topological polar surface area (TPSA) is 164 Å². The highest BCUT2D eigenvalue weighted by Gasteiger charge is 2.19. The van der Waals surface area contributed by atoms with Crippen molar-refractivity contribution in [3.63, 3.8) is 0 Å². The number of rotatable bonds is 5. The molecule has 0 bridgehead atoms. The molecular weight excluding hydrogens is 418 g/mol. The fourth-order valence-corrected chi connectivity index (χ4v) is 3.70. The summed E-state index contributed by atoms with van der Waals surface area (Å²) in [5.74, 6) is -1.57. The molecular formula is C18H15N3O8S. The maximum atomic E-state index is 12.8. The normalized spacial score (nSPS) is 11.1. The number of fused-ring (bicyclic) bond motifs is 1. The van der Waals surface area contributed by atoms with Crippen LogP contribution in [0.2, 0.25) is 0 Å². The Labute approximate surface area is 168 Å². The number of hydrogen-bond donors (Lipinski definition) is 3. The number of benzene rings is 2. The number of ether oxygens (including phenoxy) is 2. The average molecular weight is 433 g/mol. The highest BCUT2D eigenvalue weighted by atomic mass is 32.2. The summed E-state index contributed by atoms with van der Waals surface area (Å²) in [5.41, 5.74) is -1.70. The lowest BCUT2D eigenvalue weighted by Crippen LogP contribution is -2.29. The number of aromatic nitrogens is 2. The van der Waals surface area contributed by atoms with Crippen LogP contribution in [0.4, 0.5) is 5.69 Å². The minimum absolute atomic E-state index is 0.0708. The third-order valence-electron chi connectivity index (χ3n) is 4.03. The molecule has 0 spiro atoms. The summed E-state index contributed by atoms with van der Waals surface area (Å²) >= 11 is 0. The number of nitrogens with one attached hydrogen (secondary N) is 3. The van der Waals surface area contributed by atoms with Gasteiger partial charge in [0.05, 0.1) is 47.0 Å². The molecule has 0 saturated carbocycles. The van der Waals surface area contributed by atoms with E-state index in [0.717, 1.165) is 20.3 Å². The zero-order valence-electron chi connectivity index (χ0n) is 15.6. The summed E-state index contributed by atoms with van der Waals surface area (Å²) < 4.78 is 37.1. The zero-order chi connectivity index (χ0) is 22.1. The van der Waals surface area contributed by atoms with Crippen LogP contribution in [0.25, 0.3) is 11.0 Å². The van der Waals surface area contributed by atoms with Gasteiger partial charge in [0.2, 0.25) is 0 Å². The van der Waals surface area contributed by atoms with Gasteiger partial charge in [0.1, 0.15) is 0 Å². The van der Waals surface area contributed by atoms with E-state index in [0.29, 0.717) is 0 Å². The Morgan fingerprint density at radius 2 is 1.37 bits per heavy atom. The van der Waals surface area contributed by atoms with Gasteiger partial charge < -0.3 is 19.4 Å². The first-order valence-corrected chi connectivity index (χ1v) is 9.74. The highest BCUT2D eigenvalue weighted by Crippen LogP contribution is 2.22. The molecule has 0 radical (unpaired) electrons. The standard InChI is InChI=1S/C18H15N3O8S/c1-28-17(24)9-5-10(18(25)29-2)7-11(6-9)21-30(26,27)12-3-4-13-14(8-12)20-16(23)15(22)19-13/h3-8,21H,1-2H3,(H,19,22)(H,20,23). The summed E-state index contributed by atoms with van der Waals surface area (Å²) in [6.45, 7) is 0. The van der Waals surface area contributed by atoms with E-state index in [-0.39, 0.29) is 32.7 Å². The van der Waals surface area contributed by atoms with Gasteiger partial charge in [-0.3, -0.25) is 14.3 Å². The van der Waals surface area contributed by atoms with Crippen molar-refractivity contribution in [2.75, 3.05) is 18.9 Å². The van der Waals surface area contributed by atoms with Gasteiger partial charge in [-0.15, -0.1) is 0 Å². The molecule has 3 N–H and O–H groups in total. The van der Waals surface area contributed by atoms with Gasteiger partial charge in [-0.25, -0.2) is 18.0 Å². The van der Waals surface area contributed by atoms with Crippen molar-refractivity contribution >= 4 is 38.7 Å². The lowest BCUT2D eigenvalue weighted by Gasteiger charge is -2.11. The maximum absolute atomic E-state index is 12.8. The van der Waals surface area contributed by atoms with Crippen LogP contribution < -0.4 is 15.8 Å². The van der Waals surface area contributed by atoms with E-state index < -0.39 is 33.1 Å². The van der Waals surface area contributed by atoms with Gasteiger partial charge >= 0.3 is 23.1 Å². The molecule has 30 heavy (non-hydrogen) atoms. The van der Waals surface area contributed by atoms with E-state index >= 15 is 0 Å². The monoisotopic (exact) mass is 433 g/mol. The minimum Gasteiger partial charge on any atom is -0.465 e. The second kappa shape index (κ2) is 7.83. The molecule has 12 heteroatoms. The maximum Gasteiger partial charge on any atom is 0.337 e. The molecule has 0 aliphatic heterocycles. The summed E-state index contributed by atoms with van der Waals surface area (Å²) in [4.78, 5) is 50.9. The summed E-state index contributed by atoms with van der Waals surface area (Å²) in [6.07, 6.45) is 0. The van der Waals surface area contributed by atoms with Gasteiger partial charge in [0, 0.05) is 0 Å². The number of carbonyl (C=O) groups excluding carboxylic acids is 2. The van der Waals surface area contributed by atoms with Gasteiger partial charge in [-0.1, -0.05) is 0 Å². The smallest absolute Gasteiger partial charge is 0.337 e. The largest absolute Gasteiger partial charge is 0.465 e. The Bertz CT molecular complexity index is 1350. The Morgan fingerprint density at radius 1 is 0.833 bits per heavy atom. The number of carbonyl (C=O) groups is 2. The van der Waals surface area contributed by atoms with Crippen LogP contribution in [0.5, 0.6) is 0 Å². The molecule has 0 unspecified atom stereocenters. The second-order valence-electron chi connectivity index (χ2n) is 6.00. The summed E-state index contributed by atoms with van der Waals surface area (Å²) in [6, 6.07) is 7.26. The van der Waals surface area contributed by atoms with Gasteiger partial charge in [-0.05, 0) is 36.4 Å². The SMILES string of the molecule is COC(=O)c1cc(NS(=O)(=O)c2ccc3[nH]c(=O)c(=O)[nH]c3c2)cc(C(=O)OC)c1. The first kappa shape index (κ1) is 20.8. The Kier molecular flexibility index (Phi) is 5.43. The molecule has 0 aliphatic carbocycles. The second-order valence-corrected chi connectivity index (χ2v) is 7.69. The van der Waals surface area contributed by atoms with Crippen molar-refractivity contribution < 1.29 is 27.5 Å². The van der Waals surface area contributed by atoms with E-state index in [4.69, 9.17) is 0 Å². The Morgan fingerprint density at radius 3 is 1.90 bits per heavy atom. The Hall–Kier alpha value is -3.93. The third kappa shape index (κ3) is 4.07. The number of esters is 2. The first-order chi connectivity index (χ1) is 14.1. The molecule has 0 aliphatic rings. The predicted octanol–water partition coefficient (Wildman–Crippen LogP) is 0.590. The van der Waals surface area contributed by atoms with Crippen LogP contribution in [-0.4, -0.2) is 44.5 Å². The van der Waals surface area contributed by atoms with Crippen LogP contribution in [0.1, 0.15) is 20.7 Å². The molecule has 1 aromatic heterocycles. The molecule has 0 fully saturated rings. The van der Waals surface area contributed by atoms with Crippen LogP contribution in [0, 0.1) is 0 Å². The quantitative estimate of drug-likeness (QED) is 0.388. The van der Waals surface area contributed by atoms with Crippen LogP contribution in [0.15, 0.2) is 50.9 Å². The number of methoxy groups -OCH3 is 2. The highest BCUT2D eigenvalue weighted by molar-refractivity contribution is 7.92. The molecule has 2 aromatic carbocycles. The molecule has 3 rings (SSSR count). The van der Waals surface area contributed by atoms with Crippen molar-refractivity contribution in [1.29, 1.82) is 0 Å². The molecule has 3 aromatic rings. The van der Waals surface area contributed by atoms with E-state index in [2.05, 4.69) is 24.2 Å². The average Bonchev–Trinajstić information content (AvgIpc) is 2.72.